The van der Waals surface area contributed by atoms with Gasteiger partial charge < -0.3 is 15.5 Å². The zero-order chi connectivity index (χ0) is 27.5. The van der Waals surface area contributed by atoms with Gasteiger partial charge in [-0.2, -0.15) is 0 Å². The summed E-state index contributed by atoms with van der Waals surface area (Å²) in [5, 5.41) is 8.93. The smallest absolute Gasteiger partial charge is 0.261 e. The SMILES string of the molecule is CC1CCCC(/N=C(/Nc2ccc3c(=O)n(CCc4ccc(Cl)cc4Cl)cnc3c2)N2CCN[C@@H](C)C2)C1C. The predicted octanol–water partition coefficient (Wildman–Crippen LogP) is 5.83. The Balaban J connectivity index is 1.38. The topological polar surface area (TPSA) is 74.5 Å². The quantitative estimate of drug-likeness (QED) is 0.299. The van der Waals surface area contributed by atoms with Gasteiger partial charge >= 0.3 is 0 Å². The predicted molar refractivity (Wildman–Crippen MR) is 162 cm³/mol. The Kier molecular flexibility index (Phi) is 8.79. The molecule has 208 valence electrons. The van der Waals surface area contributed by atoms with Crippen molar-refractivity contribution < 1.29 is 0 Å². The largest absolute Gasteiger partial charge is 0.340 e. The molecule has 0 bridgehead atoms. The third-order valence-corrected chi connectivity index (χ3v) is 8.93. The lowest BCUT2D eigenvalue weighted by molar-refractivity contribution is 0.237. The highest BCUT2D eigenvalue weighted by atomic mass is 35.5. The number of aryl methyl sites for hydroxylation is 2. The lowest BCUT2D eigenvalue weighted by atomic mass is 9.78. The van der Waals surface area contributed by atoms with Crippen molar-refractivity contribution in [2.45, 2.75) is 65.1 Å². The average Bonchev–Trinajstić information content (AvgIpc) is 2.91. The van der Waals surface area contributed by atoms with Crippen molar-refractivity contribution >= 4 is 45.8 Å². The summed E-state index contributed by atoms with van der Waals surface area (Å²) < 4.78 is 1.64. The zero-order valence-electron chi connectivity index (χ0n) is 23.0. The van der Waals surface area contributed by atoms with Crippen LogP contribution in [0, 0.1) is 11.8 Å². The Labute approximate surface area is 240 Å². The van der Waals surface area contributed by atoms with Crippen LogP contribution in [0.3, 0.4) is 0 Å². The molecular weight excluding hydrogens is 531 g/mol. The van der Waals surface area contributed by atoms with E-state index in [1.165, 1.54) is 12.8 Å². The van der Waals surface area contributed by atoms with Crippen LogP contribution in [0.5, 0.6) is 0 Å². The Morgan fingerprint density at radius 2 is 2.00 bits per heavy atom. The molecule has 7 nitrogen and oxygen atoms in total. The van der Waals surface area contributed by atoms with Crippen LogP contribution in [-0.2, 0) is 13.0 Å². The first-order valence-corrected chi connectivity index (χ1v) is 14.8. The van der Waals surface area contributed by atoms with Gasteiger partial charge in [0.25, 0.3) is 5.56 Å². The lowest BCUT2D eigenvalue weighted by Crippen LogP contribution is -2.53. The molecule has 0 amide bonds. The molecule has 1 saturated carbocycles. The molecule has 1 aromatic heterocycles. The second-order valence-corrected chi connectivity index (χ2v) is 12.0. The number of hydrogen-bond donors (Lipinski definition) is 2. The van der Waals surface area contributed by atoms with Crippen molar-refractivity contribution in [2.24, 2.45) is 16.8 Å². The molecule has 2 heterocycles. The Bertz CT molecular complexity index is 1410. The van der Waals surface area contributed by atoms with Crippen molar-refractivity contribution in [1.29, 1.82) is 0 Å². The van der Waals surface area contributed by atoms with Gasteiger partial charge in [0, 0.05) is 48.0 Å². The number of halogens is 2. The van der Waals surface area contributed by atoms with E-state index in [9.17, 15) is 4.79 Å². The summed E-state index contributed by atoms with van der Waals surface area (Å²) in [6.07, 6.45) is 5.86. The van der Waals surface area contributed by atoms with E-state index < -0.39 is 0 Å². The maximum atomic E-state index is 13.2. The number of nitrogens with zero attached hydrogens (tertiary/aromatic N) is 4. The average molecular weight is 570 g/mol. The highest BCUT2D eigenvalue weighted by molar-refractivity contribution is 6.35. The number of rotatable bonds is 5. The number of aromatic nitrogens is 2. The van der Waals surface area contributed by atoms with Crippen LogP contribution < -0.4 is 16.2 Å². The van der Waals surface area contributed by atoms with Gasteiger partial charge in [-0.1, -0.05) is 56.0 Å². The summed E-state index contributed by atoms with van der Waals surface area (Å²) in [6.45, 7) is 10.1. The Morgan fingerprint density at radius 3 is 2.79 bits per heavy atom. The van der Waals surface area contributed by atoms with Gasteiger partial charge in [0.15, 0.2) is 5.96 Å². The number of benzene rings is 2. The van der Waals surface area contributed by atoms with E-state index in [1.54, 1.807) is 17.0 Å². The molecule has 1 aliphatic carbocycles. The zero-order valence-corrected chi connectivity index (χ0v) is 24.5. The van der Waals surface area contributed by atoms with Crippen molar-refractivity contribution in [3.8, 4) is 0 Å². The molecule has 1 saturated heterocycles. The monoisotopic (exact) mass is 568 g/mol. The summed E-state index contributed by atoms with van der Waals surface area (Å²) in [5.41, 5.74) is 2.44. The third-order valence-electron chi connectivity index (χ3n) is 8.34. The van der Waals surface area contributed by atoms with E-state index in [4.69, 9.17) is 28.2 Å². The van der Waals surface area contributed by atoms with Gasteiger partial charge in [0.2, 0.25) is 0 Å². The molecule has 9 heteroatoms. The number of hydrogen-bond acceptors (Lipinski definition) is 4. The van der Waals surface area contributed by atoms with E-state index in [-0.39, 0.29) is 5.56 Å². The minimum absolute atomic E-state index is 0.0634. The molecule has 2 aliphatic rings. The van der Waals surface area contributed by atoms with E-state index in [0.29, 0.717) is 57.8 Å². The number of anilines is 1. The second-order valence-electron chi connectivity index (χ2n) is 11.2. The first-order chi connectivity index (χ1) is 18.8. The van der Waals surface area contributed by atoms with E-state index >= 15 is 0 Å². The standard InChI is InChI=1S/C30H38Cl2N6O/c1-19-5-4-6-27(21(19)3)36-30(37-14-12-33-20(2)17-37)35-24-9-10-25-28(16-24)34-18-38(29(25)39)13-11-22-7-8-23(31)15-26(22)32/h7-10,15-16,18-21,27,33H,4-6,11-14,17H2,1-3H3,(H,35,36)/t19?,20-,21?,27?/m0/s1. The van der Waals surface area contributed by atoms with Crippen LogP contribution in [-0.4, -0.2) is 52.1 Å². The van der Waals surface area contributed by atoms with Gasteiger partial charge in [0.1, 0.15) is 0 Å². The fraction of sp³-hybridized carbons (Fsp3) is 0.500. The van der Waals surface area contributed by atoms with Crippen LogP contribution in [0.4, 0.5) is 5.69 Å². The molecule has 2 fully saturated rings. The van der Waals surface area contributed by atoms with Crippen LogP contribution in [0.15, 0.2) is 52.5 Å². The molecular formula is C30H38Cl2N6O. The van der Waals surface area contributed by atoms with Crippen molar-refractivity contribution in [2.75, 3.05) is 25.0 Å². The molecule has 2 aromatic carbocycles. The molecule has 0 radical (unpaired) electrons. The van der Waals surface area contributed by atoms with Crippen molar-refractivity contribution in [3.05, 3.63) is 68.7 Å². The molecule has 0 spiro atoms. The number of aliphatic imine (C=N–C) groups is 1. The van der Waals surface area contributed by atoms with Crippen molar-refractivity contribution in [1.82, 2.24) is 19.8 Å². The Hall–Kier alpha value is -2.61. The maximum absolute atomic E-state index is 13.2. The summed E-state index contributed by atoms with van der Waals surface area (Å²) in [7, 11) is 0. The number of fused-ring (bicyclic) bond motifs is 1. The fourth-order valence-corrected chi connectivity index (χ4v) is 6.20. The fourth-order valence-electron chi connectivity index (χ4n) is 5.70. The van der Waals surface area contributed by atoms with Crippen LogP contribution >= 0.6 is 23.2 Å². The van der Waals surface area contributed by atoms with Crippen molar-refractivity contribution in [3.63, 3.8) is 0 Å². The molecule has 3 unspecified atom stereocenters. The molecule has 5 rings (SSSR count). The first-order valence-electron chi connectivity index (χ1n) is 14.0. The molecule has 3 aromatic rings. The molecule has 39 heavy (non-hydrogen) atoms. The molecule has 4 atom stereocenters. The molecule has 2 N–H and O–H groups in total. The highest BCUT2D eigenvalue weighted by Crippen LogP contribution is 2.32. The van der Waals surface area contributed by atoms with Crippen LogP contribution in [0.1, 0.15) is 45.6 Å². The Morgan fingerprint density at radius 1 is 1.15 bits per heavy atom. The van der Waals surface area contributed by atoms with E-state index in [2.05, 4.69) is 41.3 Å². The van der Waals surface area contributed by atoms with E-state index in [0.717, 1.165) is 43.3 Å². The normalized spacial score (nSPS) is 24.2. The van der Waals surface area contributed by atoms with Gasteiger partial charge in [-0.05, 0) is 67.5 Å². The summed E-state index contributed by atoms with van der Waals surface area (Å²) in [6, 6.07) is 11.9. The maximum Gasteiger partial charge on any atom is 0.261 e. The van der Waals surface area contributed by atoms with Crippen LogP contribution in [0.2, 0.25) is 10.0 Å². The van der Waals surface area contributed by atoms with Crippen LogP contribution in [0.25, 0.3) is 10.9 Å². The van der Waals surface area contributed by atoms with E-state index in [1.807, 2.05) is 30.3 Å². The number of guanidine groups is 1. The minimum Gasteiger partial charge on any atom is -0.340 e. The lowest BCUT2D eigenvalue weighted by Gasteiger charge is -2.37. The van der Waals surface area contributed by atoms with Gasteiger partial charge in [-0.25, -0.2) is 9.98 Å². The number of nitrogens with one attached hydrogen (secondary N) is 2. The molecule has 1 aliphatic heterocycles. The highest BCUT2D eigenvalue weighted by Gasteiger charge is 2.29. The first kappa shape index (κ1) is 27.9. The summed E-state index contributed by atoms with van der Waals surface area (Å²) in [5.74, 6) is 2.15. The van der Waals surface area contributed by atoms with Gasteiger partial charge in [-0.3, -0.25) is 9.36 Å². The second kappa shape index (κ2) is 12.3. The summed E-state index contributed by atoms with van der Waals surface area (Å²) in [4.78, 5) is 25.5. The minimum atomic E-state index is -0.0634. The number of piperazine rings is 1. The summed E-state index contributed by atoms with van der Waals surface area (Å²) >= 11 is 12.3. The van der Waals surface area contributed by atoms with Gasteiger partial charge in [0.05, 0.1) is 23.3 Å². The van der Waals surface area contributed by atoms with Gasteiger partial charge in [-0.15, -0.1) is 0 Å². The third kappa shape index (κ3) is 6.59.